The number of benzene rings is 3. The van der Waals surface area contributed by atoms with E-state index in [2.05, 4.69) is 10.3 Å². The summed E-state index contributed by atoms with van der Waals surface area (Å²) in [6.07, 6.45) is 0.607. The highest BCUT2D eigenvalue weighted by molar-refractivity contribution is 8.15. The van der Waals surface area contributed by atoms with Crippen LogP contribution in [-0.2, 0) is 9.59 Å². The number of ether oxygens (including phenoxy) is 2. The first-order valence-electron chi connectivity index (χ1n) is 11.9. The standard InChI is InChI=1S/C28H25ClN4O4S/c1-36-21-12-20(13-22(14-21)37-2)30-26(34)16-25-27(35)31-28(38-25)33-24(18-6-4-3-5-7-18)15-23(32-33)17-8-10-19(29)11-9-17/h3-14,24-25H,15-16H2,1-2H3,(H,30,34)/t24-,25+/m1/s1. The molecular weight excluding hydrogens is 524 g/mol. The number of hydrazone groups is 1. The molecule has 8 nitrogen and oxygen atoms in total. The van der Waals surface area contributed by atoms with Crippen molar-refractivity contribution in [2.75, 3.05) is 19.5 Å². The van der Waals surface area contributed by atoms with E-state index in [4.69, 9.17) is 26.2 Å². The highest BCUT2D eigenvalue weighted by Crippen LogP contribution is 2.38. The summed E-state index contributed by atoms with van der Waals surface area (Å²) in [5.74, 6) is 0.429. The fourth-order valence-electron chi connectivity index (χ4n) is 4.30. The van der Waals surface area contributed by atoms with Gasteiger partial charge in [0.05, 0.1) is 26.0 Å². The molecule has 2 amide bonds. The first-order chi connectivity index (χ1) is 18.4. The van der Waals surface area contributed by atoms with Gasteiger partial charge in [-0.2, -0.15) is 10.1 Å². The van der Waals surface area contributed by atoms with E-state index < -0.39 is 5.25 Å². The molecule has 0 spiro atoms. The Labute approximate surface area is 229 Å². The smallest absolute Gasteiger partial charge is 0.262 e. The molecule has 38 heavy (non-hydrogen) atoms. The van der Waals surface area contributed by atoms with Gasteiger partial charge in [0.2, 0.25) is 5.91 Å². The summed E-state index contributed by atoms with van der Waals surface area (Å²) in [7, 11) is 3.07. The number of carbonyl (C=O) groups excluding carboxylic acids is 2. The number of methoxy groups -OCH3 is 2. The van der Waals surface area contributed by atoms with Crippen LogP contribution in [-0.4, -0.2) is 47.2 Å². The van der Waals surface area contributed by atoms with Crippen molar-refractivity contribution in [3.8, 4) is 11.5 Å². The van der Waals surface area contributed by atoms with Gasteiger partial charge in [0.15, 0.2) is 5.17 Å². The van der Waals surface area contributed by atoms with E-state index in [1.54, 1.807) is 23.2 Å². The first kappa shape index (κ1) is 25.8. The number of nitrogens with one attached hydrogen (secondary N) is 1. The second-order valence-corrected chi connectivity index (χ2v) is 10.3. The lowest BCUT2D eigenvalue weighted by Gasteiger charge is -2.23. The summed E-state index contributed by atoms with van der Waals surface area (Å²) < 4.78 is 10.5. The van der Waals surface area contributed by atoms with Gasteiger partial charge in [-0.05, 0) is 23.3 Å². The minimum Gasteiger partial charge on any atom is -0.497 e. The highest BCUT2D eigenvalue weighted by atomic mass is 35.5. The fourth-order valence-corrected chi connectivity index (χ4v) is 5.49. The van der Waals surface area contributed by atoms with Crippen molar-refractivity contribution in [1.29, 1.82) is 0 Å². The van der Waals surface area contributed by atoms with E-state index in [9.17, 15) is 9.59 Å². The average molecular weight is 549 g/mol. The van der Waals surface area contributed by atoms with Crippen molar-refractivity contribution in [1.82, 2.24) is 5.01 Å². The maximum absolute atomic E-state index is 12.8. The number of aliphatic imine (C=N–C) groups is 1. The lowest BCUT2D eigenvalue weighted by molar-refractivity contribution is -0.121. The third kappa shape index (κ3) is 5.69. The van der Waals surface area contributed by atoms with Crippen LogP contribution in [0.1, 0.15) is 30.0 Å². The van der Waals surface area contributed by atoms with Crippen LogP contribution in [0.5, 0.6) is 11.5 Å². The van der Waals surface area contributed by atoms with E-state index in [1.807, 2.05) is 54.6 Å². The Bertz CT molecular complexity index is 1390. The van der Waals surface area contributed by atoms with Crippen LogP contribution >= 0.6 is 23.4 Å². The largest absolute Gasteiger partial charge is 0.497 e. The topological polar surface area (TPSA) is 92.6 Å². The van der Waals surface area contributed by atoms with Crippen molar-refractivity contribution in [2.45, 2.75) is 24.1 Å². The molecule has 0 saturated carbocycles. The molecule has 0 aliphatic carbocycles. The molecule has 2 aliphatic heterocycles. The number of rotatable bonds is 7. The van der Waals surface area contributed by atoms with Crippen LogP contribution in [0.25, 0.3) is 0 Å². The van der Waals surface area contributed by atoms with Crippen LogP contribution in [0, 0.1) is 0 Å². The molecule has 5 rings (SSSR count). The lowest BCUT2D eigenvalue weighted by Crippen LogP contribution is -2.25. The van der Waals surface area contributed by atoms with E-state index in [1.165, 1.54) is 26.0 Å². The highest BCUT2D eigenvalue weighted by Gasteiger charge is 2.39. The summed E-state index contributed by atoms with van der Waals surface area (Å²) >= 11 is 7.33. The second-order valence-electron chi connectivity index (χ2n) is 8.72. The summed E-state index contributed by atoms with van der Waals surface area (Å²) in [5.41, 5.74) is 3.41. The Morgan fingerprint density at radius 1 is 1.05 bits per heavy atom. The van der Waals surface area contributed by atoms with Gasteiger partial charge in [-0.15, -0.1) is 0 Å². The predicted molar refractivity (Wildman–Crippen MR) is 150 cm³/mol. The van der Waals surface area contributed by atoms with Gasteiger partial charge in [-0.3, -0.25) is 9.59 Å². The third-order valence-corrected chi connectivity index (χ3v) is 7.60. The molecule has 1 N–H and O–H groups in total. The van der Waals surface area contributed by atoms with Gasteiger partial charge < -0.3 is 14.8 Å². The number of carbonyl (C=O) groups is 2. The molecular formula is C28H25ClN4O4S. The number of hydrogen-bond acceptors (Lipinski definition) is 7. The molecule has 0 saturated heterocycles. The maximum Gasteiger partial charge on any atom is 0.262 e. The summed E-state index contributed by atoms with van der Waals surface area (Å²) in [4.78, 5) is 30.0. The van der Waals surface area contributed by atoms with Crippen molar-refractivity contribution >= 4 is 51.7 Å². The summed E-state index contributed by atoms with van der Waals surface area (Å²) in [5, 5.41) is 9.96. The first-order valence-corrected chi connectivity index (χ1v) is 13.2. The van der Waals surface area contributed by atoms with Crippen LogP contribution < -0.4 is 14.8 Å². The van der Waals surface area contributed by atoms with Crippen LogP contribution in [0.15, 0.2) is 82.9 Å². The quantitative estimate of drug-likeness (QED) is 0.417. The van der Waals surface area contributed by atoms with E-state index >= 15 is 0 Å². The molecule has 2 heterocycles. The van der Waals surface area contributed by atoms with E-state index in [0.29, 0.717) is 33.8 Å². The number of hydrogen-bond donors (Lipinski definition) is 1. The molecule has 2 atom stereocenters. The van der Waals surface area contributed by atoms with Gasteiger partial charge in [-0.1, -0.05) is 65.8 Å². The Morgan fingerprint density at radius 2 is 1.74 bits per heavy atom. The molecule has 194 valence electrons. The molecule has 2 aliphatic rings. The minimum atomic E-state index is -0.649. The van der Waals surface area contributed by atoms with Crippen LogP contribution in [0.2, 0.25) is 5.02 Å². The van der Waals surface area contributed by atoms with Crippen LogP contribution in [0.3, 0.4) is 0 Å². The van der Waals surface area contributed by atoms with E-state index in [-0.39, 0.29) is 24.3 Å². The number of amides is 2. The monoisotopic (exact) mass is 548 g/mol. The van der Waals surface area contributed by atoms with Gasteiger partial charge >= 0.3 is 0 Å². The minimum absolute atomic E-state index is 0.0341. The molecule has 0 bridgehead atoms. The van der Waals surface area contributed by atoms with Gasteiger partial charge in [-0.25, -0.2) is 5.01 Å². The molecule has 3 aromatic rings. The molecule has 10 heteroatoms. The maximum atomic E-state index is 12.8. The number of nitrogens with zero attached hydrogens (tertiary/aromatic N) is 3. The Hall–Kier alpha value is -3.82. The molecule has 3 aromatic carbocycles. The number of halogens is 1. The van der Waals surface area contributed by atoms with Gasteiger partial charge in [0.1, 0.15) is 16.7 Å². The van der Waals surface area contributed by atoms with Crippen molar-refractivity contribution in [2.24, 2.45) is 10.1 Å². The summed E-state index contributed by atoms with van der Waals surface area (Å²) in [6.45, 7) is 0. The average Bonchev–Trinajstić information content (AvgIpc) is 3.53. The number of thioether (sulfide) groups is 1. The zero-order valence-electron chi connectivity index (χ0n) is 20.8. The fraction of sp³-hybridized carbons (Fsp3) is 0.214. The molecule has 0 fully saturated rings. The SMILES string of the molecule is COc1cc(NC(=O)C[C@@H]2SC(N3N=C(c4ccc(Cl)cc4)C[C@@H]3c3ccccc3)=NC2=O)cc(OC)c1. The Balaban J connectivity index is 1.32. The van der Waals surface area contributed by atoms with Gasteiger partial charge in [0.25, 0.3) is 5.91 Å². The normalized spacial score (nSPS) is 18.7. The van der Waals surface area contributed by atoms with Crippen molar-refractivity contribution in [3.05, 3.63) is 88.9 Å². The molecule has 0 radical (unpaired) electrons. The molecule has 0 aromatic heterocycles. The Kier molecular flexibility index (Phi) is 7.67. The predicted octanol–water partition coefficient (Wildman–Crippen LogP) is 5.54. The Morgan fingerprint density at radius 3 is 2.39 bits per heavy atom. The third-order valence-electron chi connectivity index (χ3n) is 6.20. The second kappa shape index (κ2) is 11.3. The van der Waals surface area contributed by atoms with Crippen molar-refractivity contribution < 1.29 is 19.1 Å². The lowest BCUT2D eigenvalue weighted by atomic mass is 9.99. The van der Waals surface area contributed by atoms with Crippen molar-refractivity contribution in [3.63, 3.8) is 0 Å². The zero-order chi connectivity index (χ0) is 26.6. The van der Waals surface area contributed by atoms with Gasteiger partial charge in [0, 0.05) is 41.8 Å². The van der Waals surface area contributed by atoms with E-state index in [0.717, 1.165) is 16.8 Å². The number of amidine groups is 1. The van der Waals surface area contributed by atoms with Crippen LogP contribution in [0.4, 0.5) is 5.69 Å². The number of anilines is 1. The molecule has 0 unspecified atom stereocenters. The zero-order valence-corrected chi connectivity index (χ0v) is 22.3. The summed E-state index contributed by atoms with van der Waals surface area (Å²) in [6, 6.07) is 22.5.